The number of hydrazone groups is 1. The Morgan fingerprint density at radius 2 is 1.81 bits per heavy atom. The third kappa shape index (κ3) is 4.11. The van der Waals surface area contributed by atoms with Crippen LogP contribution in [0.2, 0.25) is 10.0 Å². The molecule has 5 heteroatoms. The maximum Gasteiger partial charge on any atom is 0.148 e. The number of fused-ring (bicyclic) bond motifs is 1. The predicted molar refractivity (Wildman–Crippen MR) is 109 cm³/mol. The van der Waals surface area contributed by atoms with Crippen LogP contribution in [0.1, 0.15) is 11.1 Å². The highest BCUT2D eigenvalue weighted by molar-refractivity contribution is 6.35. The molecule has 0 fully saturated rings. The van der Waals surface area contributed by atoms with E-state index in [1.165, 1.54) is 0 Å². The molecular weight excluding hydrogens is 367 g/mol. The zero-order chi connectivity index (χ0) is 18.4. The molecule has 3 aromatic rings. The van der Waals surface area contributed by atoms with Gasteiger partial charge in [-0.2, -0.15) is 5.10 Å². The van der Waals surface area contributed by atoms with E-state index in [0.29, 0.717) is 22.3 Å². The summed E-state index contributed by atoms with van der Waals surface area (Å²) in [5, 5.41) is 7.64. The van der Waals surface area contributed by atoms with Crippen molar-refractivity contribution >= 4 is 40.2 Å². The molecule has 0 aliphatic heterocycles. The average Bonchev–Trinajstić information content (AvgIpc) is 2.66. The van der Waals surface area contributed by atoms with Crippen molar-refractivity contribution in [2.24, 2.45) is 5.10 Å². The van der Waals surface area contributed by atoms with Crippen LogP contribution in [0.5, 0.6) is 5.75 Å². The lowest BCUT2D eigenvalue weighted by atomic mass is 10.0. The van der Waals surface area contributed by atoms with Crippen molar-refractivity contribution in [3.63, 3.8) is 0 Å². The number of nitrogens with one attached hydrogen (secondary N) is 1. The first-order chi connectivity index (χ1) is 12.7. The number of hydrogen-bond donors (Lipinski definition) is 1. The summed E-state index contributed by atoms with van der Waals surface area (Å²) in [5.74, 6) is 3.16. The van der Waals surface area contributed by atoms with Crippen molar-refractivity contribution in [2.75, 3.05) is 6.61 Å². The number of rotatable bonds is 6. The van der Waals surface area contributed by atoms with E-state index in [1.54, 1.807) is 18.3 Å². The molecule has 1 N–H and O–H groups in total. The summed E-state index contributed by atoms with van der Waals surface area (Å²) < 4.78 is 5.65. The normalized spacial score (nSPS) is 10.8. The van der Waals surface area contributed by atoms with E-state index in [1.807, 2.05) is 42.5 Å². The number of benzene rings is 3. The van der Waals surface area contributed by atoms with E-state index in [4.69, 9.17) is 34.4 Å². The van der Waals surface area contributed by atoms with Gasteiger partial charge in [-0.15, -0.1) is 6.42 Å². The lowest BCUT2D eigenvalue weighted by Crippen LogP contribution is -2.07. The number of nitrogens with zero attached hydrogens (tertiary/aromatic N) is 1. The second-order valence-corrected chi connectivity index (χ2v) is 6.30. The van der Waals surface area contributed by atoms with Gasteiger partial charge in [-0.3, -0.25) is 0 Å². The molecule has 0 aliphatic rings. The molecule has 26 heavy (non-hydrogen) atoms. The van der Waals surface area contributed by atoms with Crippen LogP contribution in [0.15, 0.2) is 59.7 Å². The minimum absolute atomic E-state index is 0.196. The minimum Gasteiger partial charge on any atom is -0.480 e. The number of ether oxygens (including phenoxy) is 1. The lowest BCUT2D eigenvalue weighted by Gasteiger charge is -2.10. The van der Waals surface area contributed by atoms with E-state index in [9.17, 15) is 0 Å². The van der Waals surface area contributed by atoms with Crippen molar-refractivity contribution in [1.29, 1.82) is 0 Å². The van der Waals surface area contributed by atoms with Crippen LogP contribution in [0.25, 0.3) is 10.8 Å². The molecule has 0 saturated heterocycles. The Labute approximate surface area is 162 Å². The Hall–Kier alpha value is -2.67. The van der Waals surface area contributed by atoms with Gasteiger partial charge in [0.05, 0.1) is 12.8 Å². The molecule has 0 unspecified atom stereocenters. The van der Waals surface area contributed by atoms with Crippen molar-refractivity contribution in [1.82, 2.24) is 5.43 Å². The largest absolute Gasteiger partial charge is 0.480 e. The Bertz CT molecular complexity index is 973. The summed E-state index contributed by atoms with van der Waals surface area (Å²) in [6.45, 7) is 0.613. The molecule has 130 valence electrons. The predicted octanol–water partition coefficient (Wildman–Crippen LogP) is 5.28. The van der Waals surface area contributed by atoms with E-state index in [0.717, 1.165) is 21.9 Å². The third-order valence-electron chi connectivity index (χ3n) is 3.84. The minimum atomic E-state index is 0.196. The molecule has 0 aromatic heterocycles. The molecule has 0 bridgehead atoms. The molecule has 3 rings (SSSR count). The molecule has 0 spiro atoms. The summed E-state index contributed by atoms with van der Waals surface area (Å²) in [4.78, 5) is 0. The van der Waals surface area contributed by atoms with Gasteiger partial charge in [0.25, 0.3) is 0 Å². The van der Waals surface area contributed by atoms with Crippen LogP contribution in [0.4, 0.5) is 0 Å². The van der Waals surface area contributed by atoms with Crippen molar-refractivity contribution in [3.05, 3.63) is 75.8 Å². The van der Waals surface area contributed by atoms with Gasteiger partial charge >= 0.3 is 0 Å². The topological polar surface area (TPSA) is 33.6 Å². The van der Waals surface area contributed by atoms with Crippen molar-refractivity contribution in [2.45, 2.75) is 6.54 Å². The maximum atomic E-state index is 6.17. The molecule has 0 heterocycles. The first-order valence-corrected chi connectivity index (χ1v) is 8.73. The molecule has 0 saturated carbocycles. The van der Waals surface area contributed by atoms with Gasteiger partial charge in [-0.1, -0.05) is 65.5 Å². The zero-order valence-electron chi connectivity index (χ0n) is 13.9. The van der Waals surface area contributed by atoms with Gasteiger partial charge in [0.2, 0.25) is 0 Å². The first kappa shape index (κ1) is 18.1. The Morgan fingerprint density at radius 1 is 1.04 bits per heavy atom. The van der Waals surface area contributed by atoms with Crippen LogP contribution in [-0.4, -0.2) is 12.8 Å². The van der Waals surface area contributed by atoms with E-state index >= 15 is 0 Å². The summed E-state index contributed by atoms with van der Waals surface area (Å²) in [6, 6.07) is 17.3. The summed E-state index contributed by atoms with van der Waals surface area (Å²) >= 11 is 12.3. The van der Waals surface area contributed by atoms with Gasteiger partial charge in [0.15, 0.2) is 0 Å². The summed E-state index contributed by atoms with van der Waals surface area (Å²) in [7, 11) is 0. The first-order valence-electron chi connectivity index (χ1n) is 7.97. The molecule has 0 aliphatic carbocycles. The van der Waals surface area contributed by atoms with Crippen LogP contribution in [0.3, 0.4) is 0 Å². The van der Waals surface area contributed by atoms with E-state index < -0.39 is 0 Å². The standard InChI is InChI=1S/C21H16Cl2N2O/c1-2-12-26-21-11-10-15-6-3-4-7-16(15)17(21)13-24-25-14-18-19(22)8-5-9-20(18)23/h1,3-11,13,25H,12,14H2/b24-13+. The number of hydrogen-bond acceptors (Lipinski definition) is 3. The van der Waals surface area contributed by atoms with E-state index in [-0.39, 0.29) is 6.61 Å². The highest BCUT2D eigenvalue weighted by atomic mass is 35.5. The highest BCUT2D eigenvalue weighted by Crippen LogP contribution is 2.27. The quantitative estimate of drug-likeness (QED) is 0.357. The monoisotopic (exact) mass is 382 g/mol. The van der Waals surface area contributed by atoms with Gasteiger partial charge in [-0.25, -0.2) is 0 Å². The second-order valence-electron chi connectivity index (χ2n) is 5.48. The Kier molecular flexibility index (Phi) is 6.01. The fourth-order valence-corrected chi connectivity index (χ4v) is 3.12. The van der Waals surface area contributed by atoms with E-state index in [2.05, 4.69) is 16.4 Å². The molecule has 0 atom stereocenters. The summed E-state index contributed by atoms with van der Waals surface area (Å²) in [5.41, 5.74) is 4.64. The molecule has 0 amide bonds. The maximum absolute atomic E-state index is 6.17. The number of halogens is 2. The fourth-order valence-electron chi connectivity index (χ4n) is 2.59. The molecule has 0 radical (unpaired) electrons. The van der Waals surface area contributed by atoms with Gasteiger partial charge in [0.1, 0.15) is 12.4 Å². The van der Waals surface area contributed by atoms with Gasteiger partial charge < -0.3 is 10.2 Å². The van der Waals surface area contributed by atoms with Crippen LogP contribution >= 0.6 is 23.2 Å². The Morgan fingerprint density at radius 3 is 2.58 bits per heavy atom. The second kappa shape index (κ2) is 8.62. The summed E-state index contributed by atoms with van der Waals surface area (Å²) in [6.07, 6.45) is 7.03. The van der Waals surface area contributed by atoms with Crippen molar-refractivity contribution in [3.8, 4) is 18.1 Å². The SMILES string of the molecule is C#CCOc1ccc2ccccc2c1/C=N/NCc1c(Cl)cccc1Cl. The molecule has 3 aromatic carbocycles. The molecular formula is C21H16Cl2N2O. The van der Waals surface area contributed by atoms with Crippen molar-refractivity contribution < 1.29 is 4.74 Å². The number of terminal acetylenes is 1. The molecule has 3 nitrogen and oxygen atoms in total. The zero-order valence-corrected chi connectivity index (χ0v) is 15.4. The third-order valence-corrected chi connectivity index (χ3v) is 4.55. The van der Waals surface area contributed by atoms with Crippen LogP contribution < -0.4 is 10.2 Å². The van der Waals surface area contributed by atoms with Gasteiger partial charge in [-0.05, 0) is 29.0 Å². The van der Waals surface area contributed by atoms with Crippen LogP contribution in [-0.2, 0) is 6.54 Å². The average molecular weight is 383 g/mol. The smallest absolute Gasteiger partial charge is 0.148 e. The fraction of sp³-hybridized carbons (Fsp3) is 0.0952. The van der Waals surface area contributed by atoms with Crippen LogP contribution in [0, 0.1) is 12.3 Å². The van der Waals surface area contributed by atoms with Gasteiger partial charge in [0, 0.05) is 21.2 Å². The lowest BCUT2D eigenvalue weighted by molar-refractivity contribution is 0.370. The Balaban J connectivity index is 1.84. The highest BCUT2D eigenvalue weighted by Gasteiger charge is 2.07.